The summed E-state index contributed by atoms with van der Waals surface area (Å²) in [7, 11) is 0. The second-order valence-electron chi connectivity index (χ2n) is 7.62. The van der Waals surface area contributed by atoms with Crippen LogP contribution in [0.25, 0.3) is 6.08 Å². The molecule has 1 heterocycles. The van der Waals surface area contributed by atoms with Crippen molar-refractivity contribution in [3.05, 3.63) is 69.5 Å². The Kier molecular flexibility index (Phi) is 5.28. The molecule has 0 unspecified atom stereocenters. The van der Waals surface area contributed by atoms with E-state index in [4.69, 9.17) is 17.3 Å². The number of nitrogens with zero attached hydrogens (tertiary/aromatic N) is 1. The lowest BCUT2D eigenvalue weighted by atomic mass is 10.0. The number of nitrogens with one attached hydrogen (secondary N) is 1. The molecule has 0 spiro atoms. The van der Waals surface area contributed by atoms with Crippen LogP contribution >= 0.6 is 11.6 Å². The van der Waals surface area contributed by atoms with E-state index in [0.29, 0.717) is 23.2 Å². The molecule has 0 aromatic heterocycles. The first-order valence-electron chi connectivity index (χ1n) is 9.58. The normalized spacial score (nSPS) is 19.9. The van der Waals surface area contributed by atoms with Gasteiger partial charge in [-0.05, 0) is 53.1 Å². The summed E-state index contributed by atoms with van der Waals surface area (Å²) < 4.78 is 13.5. The standard InChI is InChI=1S/C22H19ClFN3O4/c23-16-5-12(6-17(24)10-16)11-26-20(29)22(31)3-4-27(21(22)30)18-2-1-13-7-15(19(25)28)8-14(13)9-18/h1-2,5-6,8-10,31H,3-4,7,11H2,(H2,25,28)(H,26,29)/t22-/m0/s1. The van der Waals surface area contributed by atoms with Gasteiger partial charge in [-0.1, -0.05) is 17.7 Å². The van der Waals surface area contributed by atoms with E-state index in [1.165, 1.54) is 17.0 Å². The first-order chi connectivity index (χ1) is 14.7. The van der Waals surface area contributed by atoms with Crippen molar-refractivity contribution in [2.24, 2.45) is 5.73 Å². The maximum atomic E-state index is 13.5. The van der Waals surface area contributed by atoms with Crippen LogP contribution in [0, 0.1) is 5.82 Å². The Morgan fingerprint density at radius 1 is 1.26 bits per heavy atom. The van der Waals surface area contributed by atoms with E-state index in [9.17, 15) is 23.9 Å². The topological polar surface area (TPSA) is 113 Å². The lowest BCUT2D eigenvalue weighted by molar-refractivity contribution is -0.149. The monoisotopic (exact) mass is 443 g/mol. The number of fused-ring (bicyclic) bond motifs is 1. The molecule has 9 heteroatoms. The van der Waals surface area contributed by atoms with Gasteiger partial charge in [0.15, 0.2) is 0 Å². The molecule has 0 saturated carbocycles. The van der Waals surface area contributed by atoms with Crippen molar-refractivity contribution in [3.8, 4) is 0 Å². The lowest BCUT2D eigenvalue weighted by Gasteiger charge is -2.22. The molecule has 1 aliphatic heterocycles. The zero-order valence-electron chi connectivity index (χ0n) is 16.3. The Morgan fingerprint density at radius 2 is 2.03 bits per heavy atom. The Labute approximate surface area is 182 Å². The summed E-state index contributed by atoms with van der Waals surface area (Å²) in [4.78, 5) is 38.2. The average molecular weight is 444 g/mol. The highest BCUT2D eigenvalue weighted by Gasteiger charge is 2.51. The van der Waals surface area contributed by atoms with Crippen molar-refractivity contribution in [2.75, 3.05) is 11.4 Å². The molecule has 3 amide bonds. The smallest absolute Gasteiger partial charge is 0.268 e. The van der Waals surface area contributed by atoms with Gasteiger partial charge in [-0.3, -0.25) is 14.4 Å². The maximum absolute atomic E-state index is 13.5. The fourth-order valence-electron chi connectivity index (χ4n) is 3.85. The Bertz CT molecular complexity index is 1130. The van der Waals surface area contributed by atoms with Crippen LogP contribution in [0.5, 0.6) is 0 Å². The number of hydrogen-bond acceptors (Lipinski definition) is 4. The van der Waals surface area contributed by atoms with E-state index in [2.05, 4.69) is 5.32 Å². The molecule has 4 rings (SSSR count). The Morgan fingerprint density at radius 3 is 2.74 bits per heavy atom. The first kappa shape index (κ1) is 21.0. The van der Waals surface area contributed by atoms with E-state index in [1.807, 2.05) is 0 Å². The number of benzene rings is 2. The molecule has 4 N–H and O–H groups in total. The molecule has 1 fully saturated rings. The number of halogens is 2. The molecule has 2 aromatic carbocycles. The molecule has 0 bridgehead atoms. The third-order valence-electron chi connectivity index (χ3n) is 5.52. The van der Waals surface area contributed by atoms with Crippen LogP contribution < -0.4 is 16.0 Å². The summed E-state index contributed by atoms with van der Waals surface area (Å²) in [6.45, 7) is 0.0468. The van der Waals surface area contributed by atoms with Crippen LogP contribution in [0.1, 0.15) is 23.1 Å². The zero-order chi connectivity index (χ0) is 22.3. The van der Waals surface area contributed by atoms with E-state index in [1.54, 1.807) is 24.3 Å². The molecule has 1 saturated heterocycles. The van der Waals surface area contributed by atoms with Crippen molar-refractivity contribution in [2.45, 2.75) is 25.0 Å². The highest BCUT2D eigenvalue weighted by molar-refractivity contribution is 6.30. The van der Waals surface area contributed by atoms with Crippen LogP contribution in [0.3, 0.4) is 0 Å². The number of nitrogens with two attached hydrogens (primary N) is 1. The summed E-state index contributed by atoms with van der Waals surface area (Å²) >= 11 is 5.80. The minimum absolute atomic E-state index is 0.0918. The third kappa shape index (κ3) is 3.92. The summed E-state index contributed by atoms with van der Waals surface area (Å²) in [6.07, 6.45) is 2.00. The SMILES string of the molecule is NC(=O)C1=Cc2cc(N3CC[C@](O)(C(=O)NCc4cc(F)cc(Cl)c4)C3=O)ccc2C1. The van der Waals surface area contributed by atoms with Crippen molar-refractivity contribution in [1.29, 1.82) is 0 Å². The molecule has 160 valence electrons. The molecule has 7 nitrogen and oxygen atoms in total. The van der Waals surface area contributed by atoms with Gasteiger partial charge in [0.2, 0.25) is 11.5 Å². The molecular weight excluding hydrogens is 425 g/mol. The number of carbonyl (C=O) groups is 3. The van der Waals surface area contributed by atoms with Gasteiger partial charge < -0.3 is 21.1 Å². The molecule has 0 radical (unpaired) electrons. The van der Waals surface area contributed by atoms with Gasteiger partial charge in [0, 0.05) is 42.2 Å². The van der Waals surface area contributed by atoms with Gasteiger partial charge >= 0.3 is 0 Å². The van der Waals surface area contributed by atoms with Gasteiger partial charge in [0.05, 0.1) is 0 Å². The highest BCUT2D eigenvalue weighted by Crippen LogP contribution is 2.33. The van der Waals surface area contributed by atoms with E-state index >= 15 is 0 Å². The maximum Gasteiger partial charge on any atom is 0.268 e. The van der Waals surface area contributed by atoms with Crippen LogP contribution in [0.15, 0.2) is 42.0 Å². The molecule has 31 heavy (non-hydrogen) atoms. The summed E-state index contributed by atoms with van der Waals surface area (Å²) in [5, 5.41) is 13.4. The zero-order valence-corrected chi connectivity index (χ0v) is 17.1. The van der Waals surface area contributed by atoms with Crippen LogP contribution in [-0.2, 0) is 27.3 Å². The van der Waals surface area contributed by atoms with Crippen molar-refractivity contribution < 1.29 is 23.9 Å². The van der Waals surface area contributed by atoms with Gasteiger partial charge in [0.25, 0.3) is 11.8 Å². The largest absolute Gasteiger partial charge is 0.372 e. The number of hydrogen-bond donors (Lipinski definition) is 3. The van der Waals surface area contributed by atoms with E-state index in [0.717, 1.165) is 17.2 Å². The second kappa shape index (κ2) is 7.79. The van der Waals surface area contributed by atoms with E-state index < -0.39 is 29.1 Å². The minimum Gasteiger partial charge on any atom is -0.372 e. The Balaban J connectivity index is 1.48. The minimum atomic E-state index is -2.23. The fourth-order valence-corrected chi connectivity index (χ4v) is 4.10. The number of carbonyl (C=O) groups excluding carboxylic acids is 3. The lowest BCUT2D eigenvalue weighted by Crippen LogP contribution is -2.52. The van der Waals surface area contributed by atoms with Gasteiger partial charge in [0.1, 0.15) is 5.82 Å². The molecule has 1 aliphatic carbocycles. The third-order valence-corrected chi connectivity index (χ3v) is 5.73. The Hall–Kier alpha value is -3.23. The van der Waals surface area contributed by atoms with Crippen LogP contribution in [-0.4, -0.2) is 35.0 Å². The summed E-state index contributed by atoms with van der Waals surface area (Å²) in [6, 6.07) is 9.04. The number of primary amides is 1. The van der Waals surface area contributed by atoms with Gasteiger partial charge in [-0.15, -0.1) is 0 Å². The second-order valence-corrected chi connectivity index (χ2v) is 8.06. The molecule has 1 atom stereocenters. The number of anilines is 1. The molecule has 2 aliphatic rings. The average Bonchev–Trinajstić information content (AvgIpc) is 3.27. The van der Waals surface area contributed by atoms with Crippen molar-refractivity contribution >= 4 is 41.1 Å². The predicted molar refractivity (Wildman–Crippen MR) is 112 cm³/mol. The highest BCUT2D eigenvalue weighted by atomic mass is 35.5. The fraction of sp³-hybridized carbons (Fsp3) is 0.227. The quantitative estimate of drug-likeness (QED) is 0.610. The predicted octanol–water partition coefficient (Wildman–Crippen LogP) is 1.69. The van der Waals surface area contributed by atoms with Crippen molar-refractivity contribution in [3.63, 3.8) is 0 Å². The summed E-state index contributed by atoms with van der Waals surface area (Å²) in [5.74, 6) is -2.67. The first-order valence-corrected chi connectivity index (χ1v) is 9.96. The van der Waals surface area contributed by atoms with Gasteiger partial charge in [-0.25, -0.2) is 4.39 Å². The van der Waals surface area contributed by atoms with E-state index in [-0.39, 0.29) is 24.5 Å². The van der Waals surface area contributed by atoms with Crippen LogP contribution in [0.4, 0.5) is 10.1 Å². The number of aliphatic hydroxyl groups is 1. The van der Waals surface area contributed by atoms with Crippen LogP contribution in [0.2, 0.25) is 5.02 Å². The van der Waals surface area contributed by atoms with Gasteiger partial charge in [-0.2, -0.15) is 0 Å². The summed E-state index contributed by atoms with van der Waals surface area (Å²) in [5.41, 5.74) is 6.17. The van der Waals surface area contributed by atoms with Crippen molar-refractivity contribution in [1.82, 2.24) is 5.32 Å². The molecule has 2 aromatic rings. The number of rotatable bonds is 5. The molecular formula is C22H19ClFN3O4. The number of amides is 3.